The molecule has 348 valence electrons. The van der Waals surface area contributed by atoms with Gasteiger partial charge in [-0.2, -0.15) is 11.8 Å². The fraction of sp³-hybridized carbons (Fsp3) is 0.318. The Morgan fingerprint density at radius 2 is 1.02 bits per heavy atom. The molecular weight excluding hydrogens is 961 g/mol. The van der Waals surface area contributed by atoms with Gasteiger partial charge in [0.15, 0.2) is 29.5 Å². The Kier molecular flexibility index (Phi) is 14.1. The number of fused-ring (bicyclic) bond motifs is 4. The number of aromatic nitrogens is 6. The van der Waals surface area contributed by atoms with Crippen LogP contribution in [0.3, 0.4) is 0 Å². The number of sulfone groups is 3. The van der Waals surface area contributed by atoms with E-state index in [1.807, 2.05) is 42.7 Å². The molecule has 0 spiro atoms. The van der Waals surface area contributed by atoms with Crippen LogP contribution in [0.4, 0.5) is 23.0 Å². The van der Waals surface area contributed by atoms with Crippen LogP contribution in [0.25, 0.3) is 42.2 Å². The van der Waals surface area contributed by atoms with Crippen LogP contribution in [-0.4, -0.2) is 102 Å². The molecule has 22 heteroatoms. The van der Waals surface area contributed by atoms with Crippen molar-refractivity contribution in [2.24, 2.45) is 0 Å². The molecule has 0 aliphatic heterocycles. The van der Waals surface area contributed by atoms with E-state index >= 15 is 0 Å². The van der Waals surface area contributed by atoms with E-state index in [0.29, 0.717) is 45.8 Å². The zero-order valence-corrected chi connectivity index (χ0v) is 42.2. The molecule has 16 nitrogen and oxygen atoms in total. The first kappa shape index (κ1) is 48.7. The van der Waals surface area contributed by atoms with Gasteiger partial charge in [0, 0.05) is 46.3 Å². The van der Waals surface area contributed by atoms with Crippen LogP contribution in [0.15, 0.2) is 94.1 Å². The molecule has 8 aromatic rings. The van der Waals surface area contributed by atoms with Crippen molar-refractivity contribution in [1.29, 1.82) is 0 Å². The summed E-state index contributed by atoms with van der Waals surface area (Å²) in [6.07, 6.45) is 5.89. The molecule has 0 aliphatic rings. The molecule has 66 heavy (non-hydrogen) atoms. The van der Waals surface area contributed by atoms with Gasteiger partial charge in [-0.1, -0.05) is 0 Å². The normalized spacial score (nSPS) is 12.6. The summed E-state index contributed by atoms with van der Waals surface area (Å²) in [5, 5.41) is 7.61. The molecule has 8 rings (SSSR count). The van der Waals surface area contributed by atoms with Gasteiger partial charge in [0.1, 0.15) is 52.2 Å². The van der Waals surface area contributed by atoms with E-state index in [2.05, 4.69) is 40.5 Å². The summed E-state index contributed by atoms with van der Waals surface area (Å²) in [5.74, 6) is 1.83. The van der Waals surface area contributed by atoms with Crippen LogP contribution in [-0.2, 0) is 29.5 Å². The summed E-state index contributed by atoms with van der Waals surface area (Å²) in [5.41, 5.74) is 7.90. The Morgan fingerprint density at radius 3 is 1.42 bits per heavy atom. The van der Waals surface area contributed by atoms with E-state index in [-0.39, 0.29) is 27.9 Å². The Labute approximate surface area is 395 Å². The van der Waals surface area contributed by atoms with Crippen LogP contribution in [0, 0.1) is 0 Å². The first-order chi connectivity index (χ1) is 31.1. The average Bonchev–Trinajstić information content (AvgIpc) is 3.92. The largest absolute Gasteiger partial charge is 0.491 e. The van der Waals surface area contributed by atoms with E-state index in [1.54, 1.807) is 87.8 Å². The van der Waals surface area contributed by atoms with Gasteiger partial charge < -0.3 is 20.1 Å². The van der Waals surface area contributed by atoms with E-state index in [0.717, 1.165) is 43.8 Å². The summed E-state index contributed by atoms with van der Waals surface area (Å²) in [6, 6.07) is 17.9. The highest BCUT2D eigenvalue weighted by atomic mass is 32.2. The van der Waals surface area contributed by atoms with Crippen LogP contribution >= 0.6 is 34.4 Å². The first-order valence-electron chi connectivity index (χ1n) is 20.3. The predicted octanol–water partition coefficient (Wildman–Crippen LogP) is 9.28. The lowest BCUT2D eigenvalue weighted by Crippen LogP contribution is -2.28. The third-order valence-electron chi connectivity index (χ3n) is 10.0. The highest BCUT2D eigenvalue weighted by Gasteiger charge is 2.36. The fourth-order valence-corrected chi connectivity index (χ4v) is 10.9. The maximum absolute atomic E-state index is 13.4. The maximum Gasteiger partial charge on any atom is 0.186 e. The number of benzene rings is 4. The highest BCUT2D eigenvalue weighted by Crippen LogP contribution is 2.39. The molecule has 0 amide bonds. The first-order valence-corrected chi connectivity index (χ1v) is 28.4. The van der Waals surface area contributed by atoms with Crippen LogP contribution in [0.5, 0.6) is 11.5 Å². The number of hydrogen-bond acceptors (Lipinski definition) is 19. The smallest absolute Gasteiger partial charge is 0.186 e. The van der Waals surface area contributed by atoms with Gasteiger partial charge in [0.2, 0.25) is 0 Å². The SMILES string of the molecule is CC(C)(C)S(=O)(=O)c1cc2c(Nc3ccc4scnc4c3)ncnc2cc1OCCS(C)(=O)=O.CSCCOc1cc2ncnc(Nc3ccc4scnc4c3)c2cc1S(=O)(=O)C(C)(C)C. The molecule has 0 bridgehead atoms. The predicted molar refractivity (Wildman–Crippen MR) is 268 cm³/mol. The maximum atomic E-state index is 13.4. The standard InChI is InChI=1S/C22H24N4O5S3.C22H24N4O3S3/c1-22(2,3)34(29,30)20-10-15-16(11-18(20)31-7-8-33(4,27)28)23-12-24-21(15)26-14-5-6-19-17(9-14)25-13-32-19;1-22(2,3)32(27,28)20-10-15-16(11-18(20)29-7-8-30-4)23-12-24-21(15)26-14-5-6-19-17(9-14)25-13-31-19/h5-6,9-13H,7-8H2,1-4H3,(H,23,24,26);5-6,9-13H,7-8H2,1-4H3,(H,23,24,26). The van der Waals surface area contributed by atoms with Gasteiger partial charge in [0.25, 0.3) is 0 Å². The molecule has 4 heterocycles. The molecule has 0 saturated heterocycles. The molecule has 0 aliphatic carbocycles. The second-order valence-electron chi connectivity index (χ2n) is 16.9. The number of nitrogens with one attached hydrogen (secondary N) is 2. The average molecular weight is 1010 g/mol. The number of ether oxygens (including phenoxy) is 2. The van der Waals surface area contributed by atoms with Gasteiger partial charge >= 0.3 is 0 Å². The third-order valence-corrected chi connectivity index (χ3v) is 18.2. The zero-order chi connectivity index (χ0) is 47.7. The topological polar surface area (TPSA) is 222 Å². The lowest BCUT2D eigenvalue weighted by molar-refractivity contribution is 0.332. The van der Waals surface area contributed by atoms with Crippen molar-refractivity contribution < 1.29 is 34.7 Å². The fourth-order valence-electron chi connectivity index (χ4n) is 6.32. The number of hydrogen-bond donors (Lipinski definition) is 2. The lowest BCUT2D eigenvalue weighted by atomic mass is 10.2. The van der Waals surface area contributed by atoms with E-state index in [9.17, 15) is 25.3 Å². The van der Waals surface area contributed by atoms with Crippen LogP contribution in [0.1, 0.15) is 41.5 Å². The van der Waals surface area contributed by atoms with E-state index in [1.165, 1.54) is 36.1 Å². The van der Waals surface area contributed by atoms with Crippen LogP contribution in [0.2, 0.25) is 0 Å². The Balaban J connectivity index is 0.000000197. The van der Waals surface area contributed by atoms with E-state index < -0.39 is 39.0 Å². The minimum Gasteiger partial charge on any atom is -0.491 e. The van der Waals surface area contributed by atoms with Crippen molar-refractivity contribution >= 4 is 129 Å². The summed E-state index contributed by atoms with van der Waals surface area (Å²) in [4.78, 5) is 26.1. The molecule has 0 fully saturated rings. The lowest BCUT2D eigenvalue weighted by Gasteiger charge is -2.22. The molecule has 0 radical (unpaired) electrons. The monoisotopic (exact) mass is 1010 g/mol. The van der Waals surface area contributed by atoms with Crippen molar-refractivity contribution in [1.82, 2.24) is 29.9 Å². The van der Waals surface area contributed by atoms with E-state index in [4.69, 9.17) is 9.47 Å². The highest BCUT2D eigenvalue weighted by molar-refractivity contribution is 7.98. The number of rotatable bonds is 14. The Hall–Kier alpha value is -5.26. The van der Waals surface area contributed by atoms with Crippen molar-refractivity contribution in [3.05, 3.63) is 84.3 Å². The number of thiazole rings is 2. The van der Waals surface area contributed by atoms with Crippen molar-refractivity contribution in [2.45, 2.75) is 60.8 Å². The van der Waals surface area contributed by atoms with Gasteiger partial charge in [-0.05, 0) is 96.3 Å². The van der Waals surface area contributed by atoms with Gasteiger partial charge in [-0.3, -0.25) is 0 Å². The second kappa shape index (κ2) is 19.2. The zero-order valence-electron chi connectivity index (χ0n) is 37.3. The molecule has 4 aromatic heterocycles. The third kappa shape index (κ3) is 10.8. The van der Waals surface area contributed by atoms with Gasteiger partial charge in [-0.25, -0.2) is 55.2 Å². The van der Waals surface area contributed by atoms with Crippen molar-refractivity contribution in [2.75, 3.05) is 47.9 Å². The van der Waals surface area contributed by atoms with Crippen molar-refractivity contribution in [3.63, 3.8) is 0 Å². The number of thioether (sulfide) groups is 1. The van der Waals surface area contributed by atoms with Gasteiger partial charge in [0.05, 0.1) is 64.3 Å². The Morgan fingerprint density at radius 1 is 0.576 bits per heavy atom. The Bertz CT molecular complexity index is 3420. The molecule has 0 atom stereocenters. The van der Waals surface area contributed by atoms with Gasteiger partial charge in [-0.15, -0.1) is 22.7 Å². The summed E-state index contributed by atoms with van der Waals surface area (Å²) < 4.78 is 88.2. The molecular formula is C44H48N8O8S6. The molecule has 0 saturated carbocycles. The minimum atomic E-state index is -3.84. The second-order valence-corrected chi connectivity index (χ2v) is 27.3. The quantitative estimate of drug-likeness (QED) is 0.0969. The summed E-state index contributed by atoms with van der Waals surface area (Å²) in [7, 11) is -10.8. The number of nitrogens with zero attached hydrogens (tertiary/aromatic N) is 6. The molecule has 0 unspecified atom stereocenters. The number of anilines is 4. The molecule has 2 N–H and O–H groups in total. The summed E-state index contributed by atoms with van der Waals surface area (Å²) >= 11 is 4.75. The summed E-state index contributed by atoms with van der Waals surface area (Å²) in [6.45, 7) is 10.1. The van der Waals surface area contributed by atoms with Crippen LogP contribution < -0.4 is 20.1 Å². The minimum absolute atomic E-state index is 0.0474. The molecule has 4 aromatic carbocycles. The van der Waals surface area contributed by atoms with Crippen molar-refractivity contribution in [3.8, 4) is 11.5 Å².